The molecule has 0 aromatic heterocycles. The van der Waals surface area contributed by atoms with E-state index >= 15 is 0 Å². The Morgan fingerprint density at radius 1 is 1.44 bits per heavy atom. The van der Waals surface area contributed by atoms with Crippen LogP contribution in [0.3, 0.4) is 0 Å². The molecular formula is C7H16NO7P. The van der Waals surface area contributed by atoms with Gasteiger partial charge in [-0.25, -0.2) is 4.57 Å². The predicted molar refractivity (Wildman–Crippen MR) is 53.3 cm³/mol. The molecule has 0 saturated carbocycles. The van der Waals surface area contributed by atoms with Crippen LogP contribution in [-0.4, -0.2) is 50.8 Å². The van der Waals surface area contributed by atoms with E-state index in [4.69, 9.17) is 14.9 Å². The van der Waals surface area contributed by atoms with Gasteiger partial charge in [-0.1, -0.05) is 0 Å². The van der Waals surface area contributed by atoms with E-state index in [9.17, 15) is 14.5 Å². The number of aliphatic hydroxyl groups excluding tert-OH is 2. The molecule has 5 N–H and O–H groups in total. The molecule has 0 heterocycles. The van der Waals surface area contributed by atoms with E-state index < -0.39 is 38.6 Å². The zero-order chi connectivity index (χ0) is 12.9. The molecule has 9 heteroatoms. The van der Waals surface area contributed by atoms with Crippen molar-refractivity contribution in [1.29, 1.82) is 0 Å². The number of rotatable bonds is 6. The maximum atomic E-state index is 10.8. The van der Waals surface area contributed by atoms with E-state index in [1.54, 1.807) is 0 Å². The Kier molecular flexibility index (Phi) is 6.09. The monoisotopic (exact) mass is 257 g/mol. The summed E-state index contributed by atoms with van der Waals surface area (Å²) in [5, 5.41) is 20.7. The second kappa shape index (κ2) is 6.29. The van der Waals surface area contributed by atoms with Crippen LogP contribution < -0.4 is 5.32 Å². The van der Waals surface area contributed by atoms with Gasteiger partial charge in [0.2, 0.25) is 5.91 Å². The Morgan fingerprint density at radius 2 is 1.94 bits per heavy atom. The third-order valence-electron chi connectivity index (χ3n) is 1.72. The van der Waals surface area contributed by atoms with Crippen LogP contribution in [0.2, 0.25) is 0 Å². The molecule has 0 bridgehead atoms. The third kappa shape index (κ3) is 6.89. The Balaban J connectivity index is 4.43. The lowest BCUT2D eigenvalue weighted by Gasteiger charge is -2.25. The Morgan fingerprint density at radius 3 is 2.25 bits per heavy atom. The molecule has 0 aliphatic heterocycles. The number of aliphatic hydroxyl groups is 2. The largest absolute Gasteiger partial charge is 0.469 e. The summed E-state index contributed by atoms with van der Waals surface area (Å²) in [4.78, 5) is 27.7. The van der Waals surface area contributed by atoms with Crippen molar-refractivity contribution in [3.8, 4) is 0 Å². The number of carbonyl (C=O) groups excluding carboxylic acids is 1. The van der Waals surface area contributed by atoms with E-state index in [-0.39, 0.29) is 0 Å². The zero-order valence-electron chi connectivity index (χ0n) is 8.90. The van der Waals surface area contributed by atoms with Gasteiger partial charge < -0.3 is 25.3 Å². The Hall–Kier alpha value is -0.500. The highest BCUT2D eigenvalue weighted by molar-refractivity contribution is 7.46. The first-order valence-corrected chi connectivity index (χ1v) is 6.00. The molecule has 0 aromatic carbocycles. The maximum Gasteiger partial charge on any atom is 0.469 e. The van der Waals surface area contributed by atoms with Crippen LogP contribution >= 0.6 is 7.82 Å². The number of hydrogen-bond donors (Lipinski definition) is 5. The molecule has 0 aliphatic rings. The van der Waals surface area contributed by atoms with Crippen LogP contribution in [0.4, 0.5) is 0 Å². The molecule has 8 nitrogen and oxygen atoms in total. The lowest BCUT2D eigenvalue weighted by molar-refractivity contribution is -0.121. The molecule has 0 unspecified atom stereocenters. The fraction of sp³-hybridized carbons (Fsp3) is 0.857. The van der Waals surface area contributed by atoms with Crippen molar-refractivity contribution in [3.05, 3.63) is 0 Å². The summed E-state index contributed by atoms with van der Waals surface area (Å²) in [6, 6.07) is -1.09. The third-order valence-corrected chi connectivity index (χ3v) is 2.20. The summed E-state index contributed by atoms with van der Waals surface area (Å²) >= 11 is 0. The van der Waals surface area contributed by atoms with Crippen molar-refractivity contribution in [2.45, 2.75) is 32.1 Å². The standard InChI is InChI=1S/C7H16NO7P/c1-4(9)7(11)6(8-5(2)10)3-15-16(12,13)14/h4,6-7,9,11H,3H2,1-2H3,(H,8,10)(H2,12,13,14)/t4-,6+,7-/m1/s1. The van der Waals surface area contributed by atoms with Gasteiger partial charge in [0.05, 0.1) is 18.8 Å². The highest BCUT2D eigenvalue weighted by atomic mass is 31.2. The Labute approximate surface area is 92.5 Å². The van der Waals surface area contributed by atoms with Crippen LogP contribution in [-0.2, 0) is 13.9 Å². The molecular weight excluding hydrogens is 241 g/mol. The van der Waals surface area contributed by atoms with Crippen molar-refractivity contribution in [2.24, 2.45) is 0 Å². The highest BCUT2D eigenvalue weighted by Crippen LogP contribution is 2.35. The van der Waals surface area contributed by atoms with E-state index in [1.807, 2.05) is 0 Å². The van der Waals surface area contributed by atoms with Gasteiger partial charge in [-0.15, -0.1) is 0 Å². The topological polar surface area (TPSA) is 136 Å². The number of amides is 1. The molecule has 16 heavy (non-hydrogen) atoms. The van der Waals surface area contributed by atoms with E-state index in [2.05, 4.69) is 9.84 Å². The van der Waals surface area contributed by atoms with Crippen LogP contribution in [0.5, 0.6) is 0 Å². The minimum Gasteiger partial charge on any atom is -0.391 e. The lowest BCUT2D eigenvalue weighted by atomic mass is 10.1. The van der Waals surface area contributed by atoms with Crippen molar-refractivity contribution < 1.29 is 33.9 Å². The van der Waals surface area contributed by atoms with Gasteiger partial charge in [0.25, 0.3) is 0 Å². The smallest absolute Gasteiger partial charge is 0.391 e. The minimum atomic E-state index is -4.68. The first kappa shape index (κ1) is 15.5. The first-order valence-electron chi connectivity index (χ1n) is 4.47. The van der Waals surface area contributed by atoms with Crippen molar-refractivity contribution in [3.63, 3.8) is 0 Å². The average Bonchev–Trinajstić information content (AvgIpc) is 2.08. The molecule has 0 aliphatic carbocycles. The fourth-order valence-electron chi connectivity index (χ4n) is 1.00. The minimum absolute atomic E-state index is 0.515. The molecule has 0 spiro atoms. The molecule has 1 amide bonds. The predicted octanol–water partition coefficient (Wildman–Crippen LogP) is -1.66. The van der Waals surface area contributed by atoms with Crippen molar-refractivity contribution >= 4 is 13.7 Å². The van der Waals surface area contributed by atoms with Crippen LogP contribution in [0, 0.1) is 0 Å². The first-order chi connectivity index (χ1) is 7.13. The zero-order valence-corrected chi connectivity index (χ0v) is 9.79. The van der Waals surface area contributed by atoms with E-state index in [0.717, 1.165) is 0 Å². The number of phosphoric acid groups is 1. The number of phosphoric ester groups is 1. The number of hydrogen-bond acceptors (Lipinski definition) is 5. The molecule has 0 fully saturated rings. The van der Waals surface area contributed by atoms with Crippen LogP contribution in [0.15, 0.2) is 0 Å². The maximum absolute atomic E-state index is 10.8. The molecule has 0 rings (SSSR count). The SMILES string of the molecule is CC(=O)N[C@@H](COP(=O)(O)O)[C@H](O)[C@@H](C)O. The summed E-state index contributed by atoms with van der Waals surface area (Å²) in [6.07, 6.45) is -2.55. The van der Waals surface area contributed by atoms with Gasteiger partial charge >= 0.3 is 7.82 Å². The normalized spacial score (nSPS) is 17.6. The van der Waals surface area contributed by atoms with Crippen molar-refractivity contribution in [2.75, 3.05) is 6.61 Å². The lowest BCUT2D eigenvalue weighted by Crippen LogP contribution is -2.49. The van der Waals surface area contributed by atoms with E-state index in [0.29, 0.717) is 0 Å². The van der Waals surface area contributed by atoms with Gasteiger partial charge in [-0.05, 0) is 6.92 Å². The number of nitrogens with one attached hydrogen (secondary N) is 1. The molecule has 96 valence electrons. The summed E-state index contributed by atoms with van der Waals surface area (Å²) in [6.45, 7) is 1.84. The molecule has 0 radical (unpaired) electrons. The summed E-state index contributed by atoms with van der Waals surface area (Å²) in [5.41, 5.74) is 0. The van der Waals surface area contributed by atoms with Gasteiger partial charge in [0.1, 0.15) is 6.10 Å². The van der Waals surface area contributed by atoms with Gasteiger partial charge in [-0.3, -0.25) is 9.32 Å². The summed E-state index contributed by atoms with van der Waals surface area (Å²) in [7, 11) is -4.68. The summed E-state index contributed by atoms with van der Waals surface area (Å²) in [5.74, 6) is -0.515. The van der Waals surface area contributed by atoms with Gasteiger partial charge in [0.15, 0.2) is 0 Å². The van der Waals surface area contributed by atoms with Crippen LogP contribution in [0.1, 0.15) is 13.8 Å². The van der Waals surface area contributed by atoms with E-state index in [1.165, 1.54) is 13.8 Å². The molecule has 3 atom stereocenters. The van der Waals surface area contributed by atoms with Crippen molar-refractivity contribution in [1.82, 2.24) is 5.32 Å². The molecule has 0 aromatic rings. The highest BCUT2D eigenvalue weighted by Gasteiger charge is 2.27. The summed E-state index contributed by atoms with van der Waals surface area (Å²) < 4.78 is 14.6. The van der Waals surface area contributed by atoms with Crippen LogP contribution in [0.25, 0.3) is 0 Å². The second-order valence-corrected chi connectivity index (χ2v) is 4.56. The Bertz CT molecular complexity index is 276. The average molecular weight is 257 g/mol. The second-order valence-electron chi connectivity index (χ2n) is 3.32. The fourth-order valence-corrected chi connectivity index (χ4v) is 1.36. The van der Waals surface area contributed by atoms with Gasteiger partial charge in [-0.2, -0.15) is 0 Å². The quantitative estimate of drug-likeness (QED) is 0.359. The van der Waals surface area contributed by atoms with Gasteiger partial charge in [0, 0.05) is 6.92 Å². The molecule has 0 saturated heterocycles. The number of carbonyl (C=O) groups is 1.